The van der Waals surface area contributed by atoms with E-state index in [-0.39, 0.29) is 17.5 Å². The molecule has 0 bridgehead atoms. The van der Waals surface area contributed by atoms with E-state index in [4.69, 9.17) is 19.9 Å². The van der Waals surface area contributed by atoms with Gasteiger partial charge in [-0.3, -0.25) is 9.78 Å². The van der Waals surface area contributed by atoms with Gasteiger partial charge in [0, 0.05) is 42.1 Å². The van der Waals surface area contributed by atoms with Crippen LogP contribution in [0, 0.1) is 17.0 Å². The summed E-state index contributed by atoms with van der Waals surface area (Å²) in [5.74, 6) is 0.164. The maximum atomic E-state index is 14.8. The number of ether oxygens (including phenoxy) is 3. The van der Waals surface area contributed by atoms with Crippen molar-refractivity contribution in [3.8, 4) is 23.0 Å². The van der Waals surface area contributed by atoms with Crippen LogP contribution in [0.25, 0.3) is 10.9 Å². The van der Waals surface area contributed by atoms with Gasteiger partial charge in [-0.15, -0.1) is 0 Å². The Balaban J connectivity index is 0.000000379. The molecule has 1 aliphatic rings. The van der Waals surface area contributed by atoms with Gasteiger partial charge in [-0.1, -0.05) is 0 Å². The number of nitrogen functional groups attached to an aromatic ring is 1. The molecule has 0 aliphatic heterocycles. The van der Waals surface area contributed by atoms with Crippen LogP contribution in [0.5, 0.6) is 23.0 Å². The van der Waals surface area contributed by atoms with E-state index in [1.165, 1.54) is 62.6 Å². The molecule has 1 amide bonds. The predicted octanol–water partition coefficient (Wildman–Crippen LogP) is 5.53. The Labute approximate surface area is 223 Å². The van der Waals surface area contributed by atoms with Crippen molar-refractivity contribution in [2.45, 2.75) is 12.8 Å². The minimum absolute atomic E-state index is 0.0107. The molecule has 0 spiro atoms. The molecule has 202 valence electrons. The molecule has 0 atom stereocenters. The molecule has 0 radical (unpaired) electrons. The Hall–Kier alpha value is -4.73. The lowest BCUT2D eigenvalue weighted by atomic mass is 10.1. The van der Waals surface area contributed by atoms with E-state index in [9.17, 15) is 18.4 Å². The van der Waals surface area contributed by atoms with Crippen molar-refractivity contribution in [3.05, 3.63) is 78.5 Å². The summed E-state index contributed by atoms with van der Waals surface area (Å²) >= 11 is 0. The molecule has 39 heavy (non-hydrogen) atoms. The first-order valence-corrected chi connectivity index (χ1v) is 11.9. The van der Waals surface area contributed by atoms with E-state index in [2.05, 4.69) is 4.98 Å². The van der Waals surface area contributed by atoms with Crippen molar-refractivity contribution in [2.75, 3.05) is 31.9 Å². The topological polar surface area (TPSA) is 104 Å². The summed E-state index contributed by atoms with van der Waals surface area (Å²) in [6, 6.07) is 15.0. The standard InChI is InChI=1S/C23H21FN2O5.C6H6FN/c1-26(22(28)23(13-27)7-8-23)14-4-5-19(16(24)10-14)31-18-6-9-25-17-12-21(30-3)20(29-2)11-15(17)18;7-5-1-3-6(8)4-2-5/h4-6,9-13H,7-8H2,1-3H3;1-4H,8H2. The molecule has 1 aliphatic carbocycles. The lowest BCUT2D eigenvalue weighted by molar-refractivity contribution is -0.128. The second kappa shape index (κ2) is 11.3. The number of hydrogen-bond donors (Lipinski definition) is 1. The molecule has 10 heteroatoms. The Bertz CT molecular complexity index is 1490. The highest BCUT2D eigenvalue weighted by Gasteiger charge is 2.51. The maximum Gasteiger partial charge on any atom is 0.240 e. The van der Waals surface area contributed by atoms with Crippen LogP contribution in [0.4, 0.5) is 20.2 Å². The van der Waals surface area contributed by atoms with Crippen LogP contribution in [-0.2, 0) is 9.59 Å². The number of aldehydes is 1. The smallest absolute Gasteiger partial charge is 0.240 e. The predicted molar refractivity (Wildman–Crippen MR) is 143 cm³/mol. The van der Waals surface area contributed by atoms with Crippen molar-refractivity contribution in [3.63, 3.8) is 0 Å². The van der Waals surface area contributed by atoms with E-state index in [1.807, 2.05) is 0 Å². The van der Waals surface area contributed by atoms with E-state index in [0.717, 1.165) is 0 Å². The lowest BCUT2D eigenvalue weighted by Crippen LogP contribution is -2.35. The molecule has 1 heterocycles. The fraction of sp³-hybridized carbons (Fsp3) is 0.207. The number of amides is 1. The molecule has 1 saturated carbocycles. The third kappa shape index (κ3) is 5.90. The number of nitrogens with zero attached hydrogens (tertiary/aromatic N) is 2. The van der Waals surface area contributed by atoms with Crippen LogP contribution in [0.3, 0.4) is 0 Å². The van der Waals surface area contributed by atoms with Crippen LogP contribution >= 0.6 is 0 Å². The third-order valence-electron chi connectivity index (χ3n) is 6.34. The van der Waals surface area contributed by atoms with Gasteiger partial charge in [-0.05, 0) is 61.4 Å². The number of aromatic nitrogens is 1. The number of benzene rings is 3. The molecular formula is C29H27F2N3O5. The van der Waals surface area contributed by atoms with Crippen molar-refractivity contribution in [2.24, 2.45) is 5.41 Å². The zero-order chi connectivity index (χ0) is 28.2. The molecule has 2 N–H and O–H groups in total. The van der Waals surface area contributed by atoms with Gasteiger partial charge in [0.25, 0.3) is 0 Å². The Morgan fingerprint density at radius 2 is 1.62 bits per heavy atom. The molecule has 0 unspecified atom stereocenters. The monoisotopic (exact) mass is 535 g/mol. The number of anilines is 2. The number of nitrogens with two attached hydrogens (primary N) is 1. The highest BCUT2D eigenvalue weighted by atomic mass is 19.1. The summed E-state index contributed by atoms with van der Waals surface area (Å²) in [5, 5.41) is 0.623. The molecule has 8 nitrogen and oxygen atoms in total. The molecular weight excluding hydrogens is 508 g/mol. The van der Waals surface area contributed by atoms with Gasteiger partial charge in [0.05, 0.1) is 19.7 Å². The van der Waals surface area contributed by atoms with E-state index in [0.29, 0.717) is 58.7 Å². The number of hydrogen-bond acceptors (Lipinski definition) is 7. The van der Waals surface area contributed by atoms with Crippen molar-refractivity contribution in [1.29, 1.82) is 0 Å². The third-order valence-corrected chi connectivity index (χ3v) is 6.34. The van der Waals surface area contributed by atoms with Crippen LogP contribution in [-0.4, -0.2) is 38.4 Å². The highest BCUT2D eigenvalue weighted by molar-refractivity contribution is 6.08. The van der Waals surface area contributed by atoms with Gasteiger partial charge in [0.1, 0.15) is 23.3 Å². The van der Waals surface area contributed by atoms with E-state index >= 15 is 0 Å². The quantitative estimate of drug-likeness (QED) is 0.188. The largest absolute Gasteiger partial charge is 0.493 e. The van der Waals surface area contributed by atoms with Crippen LogP contribution in [0.2, 0.25) is 0 Å². The average molecular weight is 536 g/mol. The summed E-state index contributed by atoms with van der Waals surface area (Å²) in [6.07, 6.45) is 3.27. The summed E-state index contributed by atoms with van der Waals surface area (Å²) in [4.78, 5) is 29.3. The molecule has 5 rings (SSSR count). The van der Waals surface area contributed by atoms with Gasteiger partial charge in [0.15, 0.2) is 23.1 Å². The lowest BCUT2D eigenvalue weighted by Gasteiger charge is -2.21. The first-order chi connectivity index (χ1) is 18.7. The molecule has 1 aromatic heterocycles. The summed E-state index contributed by atoms with van der Waals surface area (Å²) < 4.78 is 43.3. The van der Waals surface area contributed by atoms with Crippen LogP contribution in [0.1, 0.15) is 12.8 Å². The Morgan fingerprint density at radius 3 is 2.18 bits per heavy atom. The zero-order valence-electron chi connectivity index (χ0n) is 21.6. The average Bonchev–Trinajstić information content (AvgIpc) is 3.76. The van der Waals surface area contributed by atoms with Crippen LogP contribution in [0.15, 0.2) is 66.9 Å². The summed E-state index contributed by atoms with van der Waals surface area (Å²) in [6.45, 7) is 0. The molecule has 4 aromatic rings. The first kappa shape index (κ1) is 27.3. The summed E-state index contributed by atoms with van der Waals surface area (Å²) in [5.41, 5.74) is 5.83. The number of carbonyl (C=O) groups excluding carboxylic acids is 2. The summed E-state index contributed by atoms with van der Waals surface area (Å²) in [7, 11) is 4.58. The minimum Gasteiger partial charge on any atom is -0.493 e. The van der Waals surface area contributed by atoms with E-state index in [1.54, 1.807) is 30.5 Å². The second-order valence-corrected chi connectivity index (χ2v) is 8.94. The first-order valence-electron chi connectivity index (χ1n) is 11.9. The maximum absolute atomic E-state index is 14.8. The fourth-order valence-electron chi connectivity index (χ4n) is 3.87. The minimum atomic E-state index is -0.962. The number of pyridine rings is 1. The molecule has 1 fully saturated rings. The number of fused-ring (bicyclic) bond motifs is 1. The Kier molecular flexibility index (Phi) is 7.94. The number of halogens is 2. The normalized spacial score (nSPS) is 13.1. The molecule has 3 aromatic carbocycles. The van der Waals surface area contributed by atoms with Crippen LogP contribution < -0.4 is 24.8 Å². The van der Waals surface area contributed by atoms with Gasteiger partial charge >= 0.3 is 0 Å². The van der Waals surface area contributed by atoms with Gasteiger partial charge in [-0.25, -0.2) is 8.78 Å². The van der Waals surface area contributed by atoms with Crippen molar-refractivity contribution < 1.29 is 32.6 Å². The molecule has 0 saturated heterocycles. The van der Waals surface area contributed by atoms with Crippen molar-refractivity contribution >= 4 is 34.5 Å². The zero-order valence-corrected chi connectivity index (χ0v) is 21.6. The van der Waals surface area contributed by atoms with Gasteiger partial charge in [-0.2, -0.15) is 0 Å². The Morgan fingerprint density at radius 1 is 0.949 bits per heavy atom. The SMILES string of the molecule is COc1cc2nccc(Oc3ccc(N(C)C(=O)C4(C=O)CC4)cc3F)c2cc1OC.Nc1ccc(F)cc1. The van der Waals surface area contributed by atoms with Gasteiger partial charge < -0.3 is 29.6 Å². The second-order valence-electron chi connectivity index (χ2n) is 8.94. The van der Waals surface area contributed by atoms with Gasteiger partial charge in [0.2, 0.25) is 5.91 Å². The number of carbonyl (C=O) groups is 2. The number of methoxy groups -OCH3 is 2. The fourth-order valence-corrected chi connectivity index (χ4v) is 3.87. The number of rotatable bonds is 7. The van der Waals surface area contributed by atoms with E-state index < -0.39 is 11.2 Å². The van der Waals surface area contributed by atoms with Crippen molar-refractivity contribution in [1.82, 2.24) is 4.98 Å². The highest BCUT2D eigenvalue weighted by Crippen LogP contribution is 2.45.